The first-order chi connectivity index (χ1) is 14.5. The van der Waals surface area contributed by atoms with E-state index < -0.39 is 0 Å². The number of amides is 3. The van der Waals surface area contributed by atoms with E-state index in [0.29, 0.717) is 18.9 Å². The topological polar surface area (TPSA) is 70.7 Å². The predicted molar refractivity (Wildman–Crippen MR) is 119 cm³/mol. The van der Waals surface area contributed by atoms with E-state index >= 15 is 0 Å². The molecular formula is C24H31N3O3. The van der Waals surface area contributed by atoms with Crippen LogP contribution in [-0.2, 0) is 11.2 Å². The van der Waals surface area contributed by atoms with Gasteiger partial charge < -0.3 is 20.3 Å². The summed E-state index contributed by atoms with van der Waals surface area (Å²) < 4.78 is 5.20. The molecule has 0 unspecified atom stereocenters. The van der Waals surface area contributed by atoms with Gasteiger partial charge in [-0.2, -0.15) is 0 Å². The number of rotatable bonds is 7. The lowest BCUT2D eigenvalue weighted by Crippen LogP contribution is -2.41. The highest BCUT2D eigenvalue weighted by Crippen LogP contribution is 2.21. The number of hydrogen-bond acceptors (Lipinski definition) is 3. The number of benzene rings is 2. The smallest absolute Gasteiger partial charge is 0.321 e. The van der Waals surface area contributed by atoms with Gasteiger partial charge in [-0.25, -0.2) is 4.79 Å². The molecule has 0 radical (unpaired) electrons. The Hall–Kier alpha value is -3.02. The van der Waals surface area contributed by atoms with Crippen molar-refractivity contribution in [1.29, 1.82) is 0 Å². The zero-order valence-corrected chi connectivity index (χ0v) is 17.8. The second-order valence-electron chi connectivity index (χ2n) is 7.89. The first kappa shape index (κ1) is 21.7. The summed E-state index contributed by atoms with van der Waals surface area (Å²) in [5.41, 5.74) is 2.94. The number of aryl methyl sites for hydroxylation is 1. The molecule has 2 aromatic rings. The van der Waals surface area contributed by atoms with Crippen LogP contribution in [0.15, 0.2) is 48.5 Å². The van der Waals surface area contributed by atoms with Crippen molar-refractivity contribution in [2.45, 2.75) is 32.6 Å². The highest BCUT2D eigenvalue weighted by atomic mass is 16.5. The Kier molecular flexibility index (Phi) is 7.71. The van der Waals surface area contributed by atoms with Crippen molar-refractivity contribution in [3.63, 3.8) is 0 Å². The van der Waals surface area contributed by atoms with E-state index in [1.165, 1.54) is 5.56 Å². The van der Waals surface area contributed by atoms with Crippen LogP contribution in [0.2, 0.25) is 0 Å². The van der Waals surface area contributed by atoms with Crippen molar-refractivity contribution in [3.05, 3.63) is 59.7 Å². The summed E-state index contributed by atoms with van der Waals surface area (Å²) in [4.78, 5) is 26.5. The fourth-order valence-electron chi connectivity index (χ4n) is 3.71. The third-order valence-electron chi connectivity index (χ3n) is 5.58. The molecule has 30 heavy (non-hydrogen) atoms. The molecule has 3 rings (SSSR count). The average Bonchev–Trinajstić information content (AvgIpc) is 2.76. The van der Waals surface area contributed by atoms with E-state index in [2.05, 4.69) is 10.6 Å². The second kappa shape index (κ2) is 10.7. The molecule has 0 bridgehead atoms. The first-order valence-electron chi connectivity index (χ1n) is 10.6. The Bertz CT molecular complexity index is 843. The molecule has 1 saturated heterocycles. The number of hydrogen-bond donors (Lipinski definition) is 2. The molecule has 1 aliphatic heterocycles. The van der Waals surface area contributed by atoms with Gasteiger partial charge in [0.25, 0.3) is 0 Å². The number of carbonyl (C=O) groups excluding carboxylic acids is 2. The molecule has 3 amide bonds. The summed E-state index contributed by atoms with van der Waals surface area (Å²) in [6, 6.07) is 15.4. The normalized spacial score (nSPS) is 14.3. The summed E-state index contributed by atoms with van der Waals surface area (Å²) in [5.74, 6) is 1.32. The SMILES string of the molecule is COc1cccc(CC(=O)NCCC2CCN(C(=O)Nc3ccc(C)cc3)CC2)c1. The molecule has 160 valence electrons. The van der Waals surface area contributed by atoms with Crippen LogP contribution >= 0.6 is 0 Å². The van der Waals surface area contributed by atoms with Crippen LogP contribution in [0, 0.1) is 12.8 Å². The largest absolute Gasteiger partial charge is 0.497 e. The molecule has 1 aliphatic rings. The van der Waals surface area contributed by atoms with Crippen LogP contribution in [0.5, 0.6) is 5.75 Å². The van der Waals surface area contributed by atoms with E-state index in [9.17, 15) is 9.59 Å². The lowest BCUT2D eigenvalue weighted by Gasteiger charge is -2.32. The van der Waals surface area contributed by atoms with Crippen LogP contribution in [0.25, 0.3) is 0 Å². The molecule has 2 N–H and O–H groups in total. The molecule has 6 heteroatoms. The molecular weight excluding hydrogens is 378 g/mol. The summed E-state index contributed by atoms with van der Waals surface area (Å²) in [7, 11) is 1.62. The van der Waals surface area contributed by atoms with Gasteiger partial charge in [-0.15, -0.1) is 0 Å². The van der Waals surface area contributed by atoms with E-state index in [4.69, 9.17) is 4.74 Å². The maximum Gasteiger partial charge on any atom is 0.321 e. The number of urea groups is 1. The van der Waals surface area contributed by atoms with Gasteiger partial charge in [-0.1, -0.05) is 29.8 Å². The molecule has 0 aromatic heterocycles. The first-order valence-corrected chi connectivity index (χ1v) is 10.6. The molecule has 2 aromatic carbocycles. The third-order valence-corrected chi connectivity index (χ3v) is 5.58. The van der Waals surface area contributed by atoms with E-state index in [1.54, 1.807) is 7.11 Å². The van der Waals surface area contributed by atoms with Gasteiger partial charge >= 0.3 is 6.03 Å². The number of piperidine rings is 1. The molecule has 1 heterocycles. The number of carbonyl (C=O) groups is 2. The predicted octanol–water partition coefficient (Wildman–Crippen LogP) is 4.00. The molecule has 0 saturated carbocycles. The highest BCUT2D eigenvalue weighted by molar-refractivity contribution is 5.89. The van der Waals surface area contributed by atoms with Crippen LogP contribution in [0.1, 0.15) is 30.4 Å². The van der Waals surface area contributed by atoms with Gasteiger partial charge in [-0.05, 0) is 61.9 Å². The Morgan fingerprint density at radius 1 is 1.10 bits per heavy atom. The molecule has 6 nitrogen and oxygen atoms in total. The number of nitrogens with zero attached hydrogens (tertiary/aromatic N) is 1. The Labute approximate surface area is 178 Å². The monoisotopic (exact) mass is 409 g/mol. The maximum absolute atomic E-state index is 12.4. The third kappa shape index (κ3) is 6.51. The summed E-state index contributed by atoms with van der Waals surface area (Å²) in [6.45, 7) is 4.20. The lowest BCUT2D eigenvalue weighted by atomic mass is 9.93. The maximum atomic E-state index is 12.4. The van der Waals surface area contributed by atoms with Gasteiger partial charge in [0, 0.05) is 25.3 Å². The van der Waals surface area contributed by atoms with Gasteiger partial charge in [0.2, 0.25) is 5.91 Å². The highest BCUT2D eigenvalue weighted by Gasteiger charge is 2.22. The van der Waals surface area contributed by atoms with Crippen LogP contribution in [0.4, 0.5) is 10.5 Å². The quantitative estimate of drug-likeness (QED) is 0.726. The number of anilines is 1. The van der Waals surface area contributed by atoms with Gasteiger partial charge in [0.05, 0.1) is 13.5 Å². The Morgan fingerprint density at radius 3 is 2.53 bits per heavy atom. The fourth-order valence-corrected chi connectivity index (χ4v) is 3.71. The molecule has 0 spiro atoms. The summed E-state index contributed by atoms with van der Waals surface area (Å²) in [5, 5.41) is 5.98. The standard InChI is InChI=1S/C24H31N3O3/c1-18-6-8-21(9-7-18)26-24(29)27-14-11-19(12-15-27)10-13-25-23(28)17-20-4-3-5-22(16-20)30-2/h3-9,16,19H,10-15,17H2,1-2H3,(H,25,28)(H,26,29). The zero-order valence-electron chi connectivity index (χ0n) is 17.8. The van der Waals surface area contributed by atoms with Gasteiger partial charge in [-0.3, -0.25) is 4.79 Å². The van der Waals surface area contributed by atoms with E-state index in [1.807, 2.05) is 60.4 Å². The minimum atomic E-state index is -0.0381. The minimum absolute atomic E-state index is 0.0261. The molecule has 1 fully saturated rings. The van der Waals surface area contributed by atoms with Crippen molar-refractivity contribution in [3.8, 4) is 5.75 Å². The molecule has 0 aliphatic carbocycles. The fraction of sp³-hybridized carbons (Fsp3) is 0.417. The lowest BCUT2D eigenvalue weighted by molar-refractivity contribution is -0.120. The zero-order chi connectivity index (χ0) is 21.3. The van der Waals surface area contributed by atoms with E-state index in [-0.39, 0.29) is 11.9 Å². The van der Waals surface area contributed by atoms with Gasteiger partial charge in [0.1, 0.15) is 5.75 Å². The Balaban J connectivity index is 1.34. The van der Waals surface area contributed by atoms with Crippen molar-refractivity contribution in [2.75, 3.05) is 32.1 Å². The number of nitrogens with one attached hydrogen (secondary N) is 2. The summed E-state index contributed by atoms with van der Waals surface area (Å²) in [6.07, 6.45) is 3.23. The van der Waals surface area contributed by atoms with Crippen LogP contribution in [-0.4, -0.2) is 43.6 Å². The number of methoxy groups -OCH3 is 1. The number of ether oxygens (including phenoxy) is 1. The summed E-state index contributed by atoms with van der Waals surface area (Å²) >= 11 is 0. The van der Waals surface area contributed by atoms with Crippen LogP contribution < -0.4 is 15.4 Å². The van der Waals surface area contributed by atoms with Gasteiger partial charge in [0.15, 0.2) is 0 Å². The minimum Gasteiger partial charge on any atom is -0.497 e. The number of likely N-dealkylation sites (tertiary alicyclic amines) is 1. The Morgan fingerprint density at radius 2 is 1.83 bits per heavy atom. The molecule has 0 atom stereocenters. The van der Waals surface area contributed by atoms with Crippen LogP contribution in [0.3, 0.4) is 0 Å². The van der Waals surface area contributed by atoms with Crippen molar-refractivity contribution >= 4 is 17.6 Å². The van der Waals surface area contributed by atoms with Crippen molar-refractivity contribution in [2.24, 2.45) is 5.92 Å². The average molecular weight is 410 g/mol. The van der Waals surface area contributed by atoms with Crippen molar-refractivity contribution in [1.82, 2.24) is 10.2 Å². The van der Waals surface area contributed by atoms with E-state index in [0.717, 1.165) is 49.4 Å². The van der Waals surface area contributed by atoms with Crippen molar-refractivity contribution < 1.29 is 14.3 Å². The second-order valence-corrected chi connectivity index (χ2v) is 7.89.